The van der Waals surface area contributed by atoms with E-state index in [2.05, 4.69) is 36.6 Å². The first kappa shape index (κ1) is 42.8. The number of nitrogens with zero attached hydrogens (tertiary/aromatic N) is 2. The molecule has 3 atom stereocenters. The zero-order valence-corrected chi connectivity index (χ0v) is 34.9. The molecule has 308 valence electrons. The fraction of sp³-hybridized carbons (Fsp3) is 0.477. The first-order valence-corrected chi connectivity index (χ1v) is 22.5. The number of aromatic nitrogens is 2. The van der Waals surface area contributed by atoms with Gasteiger partial charge in [0.05, 0.1) is 40.1 Å². The summed E-state index contributed by atoms with van der Waals surface area (Å²) >= 11 is 3.33. The van der Waals surface area contributed by atoms with E-state index in [4.69, 9.17) is 0 Å². The number of pyridine rings is 1. The van der Waals surface area contributed by atoms with Gasteiger partial charge in [0.15, 0.2) is 5.13 Å². The second kappa shape index (κ2) is 21.8. The molecular weight excluding hydrogens is 771 g/mol. The lowest BCUT2D eigenvalue weighted by atomic mass is 10.0. The predicted molar refractivity (Wildman–Crippen MR) is 233 cm³/mol. The minimum Gasteiger partial charge on any atom is -0.356 e. The lowest BCUT2D eigenvalue weighted by molar-refractivity contribution is -0.121. The number of nitrogens with one attached hydrogen (secondary N) is 5. The van der Waals surface area contributed by atoms with Crippen molar-refractivity contribution in [3.8, 4) is 11.1 Å². The monoisotopic (exact) mass is 825 g/mol. The average Bonchev–Trinajstić information content (AvgIpc) is 3.90. The molecule has 0 aliphatic carbocycles. The second-order valence-corrected chi connectivity index (χ2v) is 17.6. The number of thioether (sulfide) groups is 1. The van der Waals surface area contributed by atoms with Crippen molar-refractivity contribution in [1.29, 1.82) is 0 Å². The van der Waals surface area contributed by atoms with Crippen molar-refractivity contribution in [1.82, 2.24) is 25.9 Å². The summed E-state index contributed by atoms with van der Waals surface area (Å²) in [5.41, 5.74) is 4.96. The molecular formula is C44H55N7O5S2. The molecule has 2 aromatic heterocycles. The van der Waals surface area contributed by atoms with E-state index in [1.165, 1.54) is 11.3 Å². The van der Waals surface area contributed by atoms with Crippen LogP contribution in [0, 0.1) is 6.92 Å². The number of aryl methyl sites for hydroxylation is 1. The van der Waals surface area contributed by atoms with Crippen LogP contribution >= 0.6 is 23.1 Å². The first-order chi connectivity index (χ1) is 28.2. The van der Waals surface area contributed by atoms with Crippen molar-refractivity contribution in [2.45, 2.75) is 121 Å². The van der Waals surface area contributed by atoms with Crippen LogP contribution in [0.1, 0.15) is 101 Å². The number of anilines is 2. The largest absolute Gasteiger partial charge is 0.356 e. The molecule has 0 radical (unpaired) electrons. The number of benzene rings is 2. The van der Waals surface area contributed by atoms with Gasteiger partial charge < -0.3 is 26.6 Å². The number of fused-ring (bicyclic) bond motifs is 2. The zero-order valence-electron chi connectivity index (χ0n) is 33.3. The maximum atomic E-state index is 12.7. The van der Waals surface area contributed by atoms with E-state index in [0.29, 0.717) is 48.3 Å². The maximum Gasteiger partial charge on any atom is 0.315 e. The normalized spacial score (nSPS) is 17.1. The topological polar surface area (TPSA) is 171 Å². The van der Waals surface area contributed by atoms with Gasteiger partial charge in [-0.3, -0.25) is 24.2 Å². The molecule has 2 saturated heterocycles. The summed E-state index contributed by atoms with van der Waals surface area (Å²) in [7, 11) is 0. The third-order valence-corrected chi connectivity index (χ3v) is 13.1. The van der Waals surface area contributed by atoms with Gasteiger partial charge in [0.2, 0.25) is 17.7 Å². The lowest BCUT2D eigenvalue weighted by Gasteiger charge is -2.16. The molecule has 2 aliphatic heterocycles. The van der Waals surface area contributed by atoms with Crippen LogP contribution in [0.15, 0.2) is 60.8 Å². The Morgan fingerprint density at radius 2 is 1.52 bits per heavy atom. The minimum absolute atomic E-state index is 0.0623. The van der Waals surface area contributed by atoms with Crippen LogP contribution in [-0.2, 0) is 25.6 Å². The molecule has 6 rings (SSSR count). The quantitative estimate of drug-likeness (QED) is 0.0369. The smallest absolute Gasteiger partial charge is 0.315 e. The predicted octanol–water partition coefficient (Wildman–Crippen LogP) is 8.10. The van der Waals surface area contributed by atoms with E-state index in [9.17, 15) is 24.0 Å². The first-order valence-electron chi connectivity index (χ1n) is 20.7. The Hall–Kier alpha value is -4.82. The van der Waals surface area contributed by atoms with Crippen LogP contribution in [0.4, 0.5) is 15.6 Å². The Balaban J connectivity index is 0.785. The number of amides is 5. The molecule has 4 aromatic rings. The molecule has 2 fully saturated rings. The highest BCUT2D eigenvalue weighted by Crippen LogP contribution is 2.34. The third-order valence-electron chi connectivity index (χ3n) is 10.7. The van der Waals surface area contributed by atoms with Crippen LogP contribution in [0.5, 0.6) is 0 Å². The summed E-state index contributed by atoms with van der Waals surface area (Å²) in [5.74, 6) is 1.16. The highest BCUT2D eigenvalue weighted by atomic mass is 32.2. The van der Waals surface area contributed by atoms with E-state index >= 15 is 0 Å². The van der Waals surface area contributed by atoms with Crippen molar-refractivity contribution in [2.24, 2.45) is 0 Å². The molecule has 5 N–H and O–H groups in total. The number of unbranched alkanes of at least 4 members (excludes halogenated alkanes) is 6. The standard InChI is InChI=1S/C44H55N7O5S2/c1-29-35(47-41(55)24-30-14-6-4-7-15-30)25-32(27-46-29)31-21-22-34-38(26-31)58-44(49-34)50-40(54)20-10-3-2-8-16-33(52)17-9-5-13-23-45-39(53)19-12-11-18-37-42-36(28-57-37)48-43(56)51-42/h4,6-7,14-15,21-22,25-27,36-37,42H,2-3,5,8-13,16-20,23-24,28H2,1H3,(H,45,53)(H,47,55)(H2,48,51,56)(H,49,50,54)/t36-,37-,42-/m0/s1. The molecule has 12 nitrogen and oxygen atoms in total. The Labute approximate surface area is 348 Å². The Bertz CT molecular complexity index is 2040. The highest BCUT2D eigenvalue weighted by Gasteiger charge is 2.42. The minimum atomic E-state index is -0.100. The zero-order chi connectivity index (χ0) is 40.7. The fourth-order valence-electron chi connectivity index (χ4n) is 7.43. The summed E-state index contributed by atoms with van der Waals surface area (Å²) in [6.07, 6.45) is 13.0. The maximum absolute atomic E-state index is 12.7. The molecule has 0 bridgehead atoms. The molecule has 0 unspecified atom stereocenters. The summed E-state index contributed by atoms with van der Waals surface area (Å²) in [4.78, 5) is 70.6. The van der Waals surface area contributed by atoms with Gasteiger partial charge in [0.25, 0.3) is 0 Å². The van der Waals surface area contributed by atoms with Gasteiger partial charge in [-0.05, 0) is 74.8 Å². The Kier molecular flexibility index (Phi) is 16.1. The van der Waals surface area contributed by atoms with Crippen molar-refractivity contribution in [3.63, 3.8) is 0 Å². The van der Waals surface area contributed by atoms with Gasteiger partial charge >= 0.3 is 6.03 Å². The lowest BCUT2D eigenvalue weighted by Crippen LogP contribution is -2.36. The van der Waals surface area contributed by atoms with Gasteiger partial charge in [-0.1, -0.05) is 73.4 Å². The van der Waals surface area contributed by atoms with E-state index in [-0.39, 0.29) is 48.0 Å². The second-order valence-electron chi connectivity index (χ2n) is 15.3. The van der Waals surface area contributed by atoms with Crippen molar-refractivity contribution < 1.29 is 24.0 Å². The number of carbonyl (C=O) groups excluding carboxylic acids is 5. The van der Waals surface area contributed by atoms with E-state index < -0.39 is 0 Å². The average molecular weight is 826 g/mol. The Morgan fingerprint density at radius 3 is 2.33 bits per heavy atom. The molecule has 2 aliphatic rings. The van der Waals surface area contributed by atoms with E-state index in [1.54, 1.807) is 6.20 Å². The van der Waals surface area contributed by atoms with E-state index in [1.807, 2.05) is 73.3 Å². The number of hydrogen-bond acceptors (Lipinski definition) is 9. The highest BCUT2D eigenvalue weighted by molar-refractivity contribution is 8.00. The van der Waals surface area contributed by atoms with Crippen LogP contribution in [-0.4, -0.2) is 69.1 Å². The van der Waals surface area contributed by atoms with Gasteiger partial charge in [0.1, 0.15) is 5.78 Å². The van der Waals surface area contributed by atoms with Crippen LogP contribution in [0.2, 0.25) is 0 Å². The van der Waals surface area contributed by atoms with Gasteiger partial charge in [-0.2, -0.15) is 11.8 Å². The number of ketones is 1. The summed E-state index contributed by atoms with van der Waals surface area (Å²) in [5, 5.41) is 15.9. The fourth-order valence-corrected chi connectivity index (χ4v) is 9.90. The molecule has 14 heteroatoms. The van der Waals surface area contributed by atoms with Crippen LogP contribution in [0.25, 0.3) is 21.3 Å². The van der Waals surface area contributed by atoms with Crippen molar-refractivity contribution in [3.05, 3.63) is 72.1 Å². The van der Waals surface area contributed by atoms with Crippen LogP contribution < -0.4 is 26.6 Å². The van der Waals surface area contributed by atoms with Crippen molar-refractivity contribution in [2.75, 3.05) is 22.9 Å². The number of hydrogen-bond donors (Lipinski definition) is 5. The number of urea groups is 1. The molecule has 5 amide bonds. The summed E-state index contributed by atoms with van der Waals surface area (Å²) < 4.78 is 0.940. The number of carbonyl (C=O) groups is 5. The van der Waals surface area contributed by atoms with Crippen molar-refractivity contribution >= 4 is 73.7 Å². The van der Waals surface area contributed by atoms with Gasteiger partial charge in [-0.25, -0.2) is 9.78 Å². The summed E-state index contributed by atoms with van der Waals surface area (Å²) in [6.45, 7) is 2.51. The third kappa shape index (κ3) is 13.1. The van der Waals surface area contributed by atoms with E-state index in [0.717, 1.165) is 103 Å². The molecule has 0 saturated carbocycles. The van der Waals surface area contributed by atoms with Crippen LogP contribution in [0.3, 0.4) is 0 Å². The number of thiazole rings is 1. The SMILES string of the molecule is Cc1ncc(-c2ccc3nc(NC(=O)CCCCCCC(=O)CCCCCNC(=O)CCCC[C@@H]4SC[C@@H]5NC(=O)N[C@@H]54)sc3c2)cc1NC(=O)Cc1ccccc1. The number of rotatable bonds is 23. The number of Topliss-reactive ketones (excluding diaryl/α,β-unsaturated/α-hetero) is 1. The Morgan fingerprint density at radius 1 is 0.776 bits per heavy atom. The van der Waals surface area contributed by atoms with Gasteiger partial charge in [-0.15, -0.1) is 0 Å². The van der Waals surface area contributed by atoms with Gasteiger partial charge in [0, 0.05) is 55.0 Å². The molecule has 58 heavy (non-hydrogen) atoms. The molecule has 0 spiro atoms. The summed E-state index contributed by atoms with van der Waals surface area (Å²) in [6, 6.07) is 17.9. The molecule has 4 heterocycles. The molecule has 2 aromatic carbocycles.